The van der Waals surface area contributed by atoms with E-state index in [0.29, 0.717) is 13.1 Å². The van der Waals surface area contributed by atoms with Crippen molar-refractivity contribution < 1.29 is 4.74 Å². The van der Waals surface area contributed by atoms with Gasteiger partial charge in [-0.05, 0) is 44.3 Å². The summed E-state index contributed by atoms with van der Waals surface area (Å²) in [6.07, 6.45) is 2.81. The number of benzene rings is 1. The summed E-state index contributed by atoms with van der Waals surface area (Å²) in [4.78, 5) is 6.41. The molecule has 0 radical (unpaired) electrons. The summed E-state index contributed by atoms with van der Waals surface area (Å²) >= 11 is 0. The van der Waals surface area contributed by atoms with Crippen molar-refractivity contribution in [3.63, 3.8) is 0 Å². The van der Waals surface area contributed by atoms with Gasteiger partial charge in [0.05, 0.1) is 18.8 Å². The molecule has 1 aromatic heterocycles. The number of guanidine groups is 1. The van der Waals surface area contributed by atoms with E-state index < -0.39 is 0 Å². The SMILES string of the molecule is CN=C(NCc1ccc(OCCCN(C)C)cc1)NCc1ccnn1C.I. The summed E-state index contributed by atoms with van der Waals surface area (Å²) in [6, 6.07) is 10.2. The third kappa shape index (κ3) is 8.61. The topological polar surface area (TPSA) is 66.7 Å². The van der Waals surface area contributed by atoms with E-state index in [2.05, 4.69) is 51.9 Å². The molecule has 2 rings (SSSR count). The minimum atomic E-state index is 0. The van der Waals surface area contributed by atoms with Crippen molar-refractivity contribution in [2.24, 2.45) is 12.0 Å². The maximum Gasteiger partial charge on any atom is 0.191 e. The molecule has 0 amide bonds. The molecule has 0 bridgehead atoms. The molecule has 0 spiro atoms. The smallest absolute Gasteiger partial charge is 0.191 e. The quantitative estimate of drug-likeness (QED) is 0.246. The van der Waals surface area contributed by atoms with Gasteiger partial charge in [-0.2, -0.15) is 5.10 Å². The molecule has 1 aromatic carbocycles. The number of nitrogens with one attached hydrogen (secondary N) is 2. The number of nitrogens with zero attached hydrogens (tertiary/aromatic N) is 4. The average Bonchev–Trinajstić information content (AvgIpc) is 3.05. The van der Waals surface area contributed by atoms with Gasteiger partial charge >= 0.3 is 0 Å². The minimum absolute atomic E-state index is 0. The van der Waals surface area contributed by atoms with Gasteiger partial charge in [-0.1, -0.05) is 12.1 Å². The highest BCUT2D eigenvalue weighted by atomic mass is 127. The third-order valence-electron chi connectivity index (χ3n) is 3.98. The Bertz CT molecular complexity index is 684. The number of hydrogen-bond acceptors (Lipinski definition) is 4. The summed E-state index contributed by atoms with van der Waals surface area (Å²) < 4.78 is 7.60. The molecule has 0 unspecified atom stereocenters. The van der Waals surface area contributed by atoms with Crippen LogP contribution in [-0.4, -0.2) is 54.9 Å². The van der Waals surface area contributed by atoms with Gasteiger partial charge in [-0.15, -0.1) is 24.0 Å². The van der Waals surface area contributed by atoms with Crippen molar-refractivity contribution >= 4 is 29.9 Å². The molecule has 0 saturated carbocycles. The number of rotatable bonds is 9. The molecule has 0 atom stereocenters. The first-order valence-corrected chi connectivity index (χ1v) is 8.86. The monoisotopic (exact) mass is 486 g/mol. The van der Waals surface area contributed by atoms with Crippen LogP contribution in [-0.2, 0) is 20.1 Å². The predicted octanol–water partition coefficient (Wildman–Crippen LogP) is 2.23. The van der Waals surface area contributed by atoms with Gasteiger partial charge < -0.3 is 20.3 Å². The number of aryl methyl sites for hydroxylation is 1. The van der Waals surface area contributed by atoms with Crippen molar-refractivity contribution in [3.8, 4) is 5.75 Å². The lowest BCUT2D eigenvalue weighted by atomic mass is 10.2. The fourth-order valence-electron chi connectivity index (χ4n) is 2.43. The summed E-state index contributed by atoms with van der Waals surface area (Å²) in [5.41, 5.74) is 2.28. The van der Waals surface area contributed by atoms with Crippen LogP contribution in [0.2, 0.25) is 0 Å². The Morgan fingerprint density at radius 1 is 1.15 bits per heavy atom. The maximum atomic E-state index is 5.76. The van der Waals surface area contributed by atoms with E-state index >= 15 is 0 Å². The molecule has 2 N–H and O–H groups in total. The molecule has 0 aliphatic rings. The van der Waals surface area contributed by atoms with Gasteiger partial charge in [0.15, 0.2) is 5.96 Å². The fraction of sp³-hybridized carbons (Fsp3) is 0.474. The molecule has 0 fully saturated rings. The standard InChI is InChI=1S/C19H30N6O.HI/c1-20-19(22-15-17-10-11-23-25(17)4)21-14-16-6-8-18(9-7-16)26-13-5-12-24(2)3;/h6-11H,5,12-15H2,1-4H3,(H2,20,21,22);1H. The summed E-state index contributed by atoms with van der Waals surface area (Å²) in [7, 11) is 7.84. The largest absolute Gasteiger partial charge is 0.494 e. The molecule has 1 heterocycles. The fourth-order valence-corrected chi connectivity index (χ4v) is 2.43. The normalized spacial score (nSPS) is 11.2. The molecule has 0 saturated heterocycles. The summed E-state index contributed by atoms with van der Waals surface area (Å²) in [5, 5.41) is 10.8. The first kappa shape index (κ1) is 23.2. The van der Waals surface area contributed by atoms with Gasteiger partial charge in [0, 0.05) is 33.4 Å². The van der Waals surface area contributed by atoms with Gasteiger partial charge in [-0.25, -0.2) is 0 Å². The van der Waals surface area contributed by atoms with Crippen LogP contribution in [0.25, 0.3) is 0 Å². The van der Waals surface area contributed by atoms with Crippen molar-refractivity contribution in [3.05, 3.63) is 47.8 Å². The maximum absolute atomic E-state index is 5.76. The second-order valence-electron chi connectivity index (χ2n) is 6.37. The van der Waals surface area contributed by atoms with E-state index in [4.69, 9.17) is 4.74 Å². The Morgan fingerprint density at radius 3 is 2.44 bits per heavy atom. The number of ether oxygens (including phenoxy) is 1. The van der Waals surface area contributed by atoms with Crippen LogP contribution < -0.4 is 15.4 Å². The molecule has 8 heteroatoms. The molecule has 7 nitrogen and oxygen atoms in total. The van der Waals surface area contributed by atoms with Gasteiger partial charge in [0.2, 0.25) is 0 Å². The lowest BCUT2D eigenvalue weighted by Crippen LogP contribution is -2.36. The van der Waals surface area contributed by atoms with E-state index in [-0.39, 0.29) is 24.0 Å². The van der Waals surface area contributed by atoms with Gasteiger partial charge in [-0.3, -0.25) is 9.67 Å². The van der Waals surface area contributed by atoms with E-state index in [9.17, 15) is 0 Å². The zero-order valence-corrected chi connectivity index (χ0v) is 18.9. The highest BCUT2D eigenvalue weighted by Gasteiger charge is 2.02. The van der Waals surface area contributed by atoms with Crippen LogP contribution in [0, 0.1) is 0 Å². The van der Waals surface area contributed by atoms with E-state index in [1.54, 1.807) is 13.2 Å². The van der Waals surface area contributed by atoms with Crippen LogP contribution in [0.1, 0.15) is 17.7 Å². The Hall–Kier alpha value is -1.81. The van der Waals surface area contributed by atoms with Crippen LogP contribution in [0.15, 0.2) is 41.5 Å². The Balaban J connectivity index is 0.00000364. The number of aromatic nitrogens is 2. The predicted molar refractivity (Wildman–Crippen MR) is 121 cm³/mol. The van der Waals surface area contributed by atoms with Crippen molar-refractivity contribution in [1.29, 1.82) is 0 Å². The molecule has 27 heavy (non-hydrogen) atoms. The Morgan fingerprint density at radius 2 is 1.85 bits per heavy atom. The number of aliphatic imine (C=N–C) groups is 1. The van der Waals surface area contributed by atoms with Gasteiger partial charge in [0.25, 0.3) is 0 Å². The first-order chi connectivity index (χ1) is 12.6. The van der Waals surface area contributed by atoms with Crippen LogP contribution in [0.3, 0.4) is 0 Å². The first-order valence-electron chi connectivity index (χ1n) is 8.86. The highest BCUT2D eigenvalue weighted by Crippen LogP contribution is 2.12. The number of hydrogen-bond donors (Lipinski definition) is 2. The number of halogens is 1. The molecular formula is C19H31IN6O. The van der Waals surface area contributed by atoms with Crippen LogP contribution >= 0.6 is 24.0 Å². The molecule has 0 aliphatic heterocycles. The van der Waals surface area contributed by atoms with Crippen molar-refractivity contribution in [2.75, 3.05) is 34.3 Å². The molecule has 0 aliphatic carbocycles. The molecular weight excluding hydrogens is 455 g/mol. The Kier molecular flexibility index (Phi) is 10.8. The second-order valence-corrected chi connectivity index (χ2v) is 6.37. The zero-order chi connectivity index (χ0) is 18.8. The van der Waals surface area contributed by atoms with Crippen LogP contribution in [0.5, 0.6) is 5.75 Å². The zero-order valence-electron chi connectivity index (χ0n) is 16.6. The Labute approximate surface area is 179 Å². The van der Waals surface area contributed by atoms with E-state index in [0.717, 1.165) is 37.0 Å². The summed E-state index contributed by atoms with van der Waals surface area (Å²) in [6.45, 7) is 3.15. The van der Waals surface area contributed by atoms with E-state index in [1.807, 2.05) is 29.9 Å². The van der Waals surface area contributed by atoms with Crippen molar-refractivity contribution in [2.45, 2.75) is 19.5 Å². The molecule has 2 aromatic rings. The van der Waals surface area contributed by atoms with Crippen LogP contribution in [0.4, 0.5) is 0 Å². The lowest BCUT2D eigenvalue weighted by Gasteiger charge is -2.13. The average molecular weight is 486 g/mol. The second kappa shape index (κ2) is 12.6. The molecule has 150 valence electrons. The third-order valence-corrected chi connectivity index (χ3v) is 3.98. The minimum Gasteiger partial charge on any atom is -0.494 e. The van der Waals surface area contributed by atoms with Crippen molar-refractivity contribution in [1.82, 2.24) is 25.3 Å². The highest BCUT2D eigenvalue weighted by molar-refractivity contribution is 14.0. The van der Waals surface area contributed by atoms with Gasteiger partial charge in [0.1, 0.15) is 5.75 Å². The van der Waals surface area contributed by atoms with E-state index in [1.165, 1.54) is 5.56 Å². The summed E-state index contributed by atoms with van der Waals surface area (Å²) in [5.74, 6) is 1.67. The lowest BCUT2D eigenvalue weighted by molar-refractivity contribution is 0.281.